The SMILES string of the molecule is COC(=O)C(O)C[C@@]12O[C@]1(C)C[C@@H](O[Si](C)(C)C(C)(C)C)CC2(C)C. The fourth-order valence-corrected chi connectivity index (χ4v) is 5.72. The zero-order chi connectivity index (χ0) is 19.5. The Kier molecular flexibility index (Phi) is 5.05. The molecule has 6 heteroatoms. The van der Waals surface area contributed by atoms with Crippen molar-refractivity contribution in [2.75, 3.05) is 7.11 Å². The highest BCUT2D eigenvalue weighted by molar-refractivity contribution is 6.74. The summed E-state index contributed by atoms with van der Waals surface area (Å²) >= 11 is 0. The first-order chi connectivity index (χ1) is 11.1. The number of epoxide rings is 1. The molecule has 1 saturated carbocycles. The lowest BCUT2D eigenvalue weighted by Gasteiger charge is -2.46. The summed E-state index contributed by atoms with van der Waals surface area (Å²) in [6.07, 6.45) is 0.936. The quantitative estimate of drug-likeness (QED) is 0.453. The van der Waals surface area contributed by atoms with Crippen LogP contribution in [0, 0.1) is 5.41 Å². The lowest BCUT2D eigenvalue weighted by molar-refractivity contribution is -0.152. The number of esters is 1. The molecule has 25 heavy (non-hydrogen) atoms. The number of hydrogen-bond donors (Lipinski definition) is 1. The highest BCUT2D eigenvalue weighted by Gasteiger charge is 2.76. The van der Waals surface area contributed by atoms with Crippen molar-refractivity contribution in [1.82, 2.24) is 0 Å². The maximum absolute atomic E-state index is 11.7. The van der Waals surface area contributed by atoms with Gasteiger partial charge in [0.2, 0.25) is 0 Å². The van der Waals surface area contributed by atoms with Gasteiger partial charge in [-0.05, 0) is 36.9 Å². The normalized spacial score (nSPS) is 35.7. The number of methoxy groups -OCH3 is 1. The zero-order valence-electron chi connectivity index (χ0n) is 17.4. The van der Waals surface area contributed by atoms with Crippen LogP contribution in [0.3, 0.4) is 0 Å². The molecule has 1 N–H and O–H groups in total. The van der Waals surface area contributed by atoms with Gasteiger partial charge in [0, 0.05) is 18.9 Å². The Morgan fingerprint density at radius 2 is 1.84 bits per heavy atom. The van der Waals surface area contributed by atoms with E-state index in [4.69, 9.17) is 9.16 Å². The summed E-state index contributed by atoms with van der Waals surface area (Å²) in [6, 6.07) is 0. The Labute approximate surface area is 153 Å². The standard InChI is InChI=1S/C19H36O5Si/c1-16(2,3)25(8,9)23-13-10-17(4,5)19(18(6,11-13)24-19)12-14(20)15(21)22-7/h13-14,20H,10-12H2,1-9H3/t13-,14?,18+,19-/m0/s1. The molecule has 5 nitrogen and oxygen atoms in total. The summed E-state index contributed by atoms with van der Waals surface area (Å²) in [5.74, 6) is -0.595. The van der Waals surface area contributed by atoms with Gasteiger partial charge in [-0.15, -0.1) is 0 Å². The van der Waals surface area contributed by atoms with E-state index in [1.807, 2.05) is 0 Å². The van der Waals surface area contributed by atoms with Crippen molar-refractivity contribution in [2.24, 2.45) is 5.41 Å². The lowest BCUT2D eigenvalue weighted by Crippen LogP contribution is -2.53. The van der Waals surface area contributed by atoms with Crippen molar-refractivity contribution in [2.45, 2.75) is 102 Å². The van der Waals surface area contributed by atoms with Crippen LogP contribution in [0.15, 0.2) is 0 Å². The second kappa shape index (κ2) is 6.04. The minimum atomic E-state index is -1.86. The molecule has 1 unspecified atom stereocenters. The largest absolute Gasteiger partial charge is 0.467 e. The van der Waals surface area contributed by atoms with E-state index in [9.17, 15) is 9.90 Å². The third-order valence-corrected chi connectivity index (χ3v) is 11.4. The van der Waals surface area contributed by atoms with Crippen LogP contribution in [0.2, 0.25) is 18.1 Å². The second-order valence-electron chi connectivity index (χ2n) is 10.2. The summed E-state index contributed by atoms with van der Waals surface area (Å²) in [5, 5.41) is 10.4. The molecule has 0 aromatic heterocycles. The van der Waals surface area contributed by atoms with Gasteiger partial charge < -0.3 is 19.0 Å². The fraction of sp³-hybridized carbons (Fsp3) is 0.947. The van der Waals surface area contributed by atoms with Gasteiger partial charge in [0.05, 0.1) is 12.7 Å². The molecule has 0 bridgehead atoms. The Morgan fingerprint density at radius 3 is 2.28 bits per heavy atom. The Hall–Kier alpha value is -0.433. The van der Waals surface area contributed by atoms with Crippen molar-refractivity contribution < 1.29 is 23.8 Å². The van der Waals surface area contributed by atoms with Gasteiger partial charge >= 0.3 is 5.97 Å². The summed E-state index contributed by atoms with van der Waals surface area (Å²) in [7, 11) is -0.561. The minimum Gasteiger partial charge on any atom is -0.467 e. The molecule has 0 spiro atoms. The summed E-state index contributed by atoms with van der Waals surface area (Å²) in [5.41, 5.74) is -1.06. The number of carbonyl (C=O) groups excluding carboxylic acids is 1. The van der Waals surface area contributed by atoms with Crippen LogP contribution in [0.5, 0.6) is 0 Å². The second-order valence-corrected chi connectivity index (χ2v) is 15.0. The van der Waals surface area contributed by atoms with Crippen LogP contribution in [0.4, 0.5) is 0 Å². The molecule has 1 aliphatic carbocycles. The van der Waals surface area contributed by atoms with Crippen molar-refractivity contribution in [1.29, 1.82) is 0 Å². The maximum Gasteiger partial charge on any atom is 0.334 e. The molecule has 1 aliphatic heterocycles. The monoisotopic (exact) mass is 372 g/mol. The first-order valence-corrected chi connectivity index (χ1v) is 12.2. The van der Waals surface area contributed by atoms with Crippen LogP contribution < -0.4 is 0 Å². The molecule has 146 valence electrons. The number of fused-ring (bicyclic) bond motifs is 1. The minimum absolute atomic E-state index is 0.145. The smallest absolute Gasteiger partial charge is 0.334 e. The first-order valence-electron chi connectivity index (χ1n) is 9.25. The van der Waals surface area contributed by atoms with E-state index < -0.39 is 26.0 Å². The molecule has 2 rings (SSSR count). The van der Waals surface area contributed by atoms with Gasteiger partial charge in [-0.3, -0.25) is 0 Å². The highest BCUT2D eigenvalue weighted by atomic mass is 28.4. The van der Waals surface area contributed by atoms with Gasteiger partial charge in [-0.25, -0.2) is 4.79 Å². The molecule has 4 atom stereocenters. The van der Waals surface area contributed by atoms with Crippen LogP contribution in [-0.4, -0.2) is 49.9 Å². The zero-order valence-corrected chi connectivity index (χ0v) is 18.4. The molecule has 0 aromatic carbocycles. The van der Waals surface area contributed by atoms with Crippen molar-refractivity contribution in [3.8, 4) is 0 Å². The van der Waals surface area contributed by atoms with Crippen LogP contribution >= 0.6 is 0 Å². The van der Waals surface area contributed by atoms with Gasteiger partial charge in [-0.1, -0.05) is 34.6 Å². The number of hydrogen-bond acceptors (Lipinski definition) is 5. The topological polar surface area (TPSA) is 68.3 Å². The van der Waals surface area contributed by atoms with Gasteiger partial charge in [0.25, 0.3) is 0 Å². The summed E-state index contributed by atoms with van der Waals surface area (Å²) in [4.78, 5) is 11.7. The average Bonchev–Trinajstić information content (AvgIpc) is 3.01. The molecule has 2 fully saturated rings. The Morgan fingerprint density at radius 1 is 1.28 bits per heavy atom. The Bertz CT molecular complexity index is 538. The van der Waals surface area contributed by atoms with Crippen LogP contribution in [0.25, 0.3) is 0 Å². The predicted octanol–water partition coefficient (Wildman–Crippen LogP) is 3.65. The Balaban J connectivity index is 2.17. The molecular weight excluding hydrogens is 336 g/mol. The third-order valence-electron chi connectivity index (χ3n) is 6.88. The summed E-state index contributed by atoms with van der Waals surface area (Å²) in [6.45, 7) is 17.7. The fourth-order valence-electron chi connectivity index (χ4n) is 4.36. The lowest BCUT2D eigenvalue weighted by atomic mass is 9.61. The third kappa shape index (κ3) is 3.43. The van der Waals surface area contributed by atoms with Crippen molar-refractivity contribution in [3.63, 3.8) is 0 Å². The number of rotatable bonds is 5. The van der Waals surface area contributed by atoms with E-state index in [0.717, 1.165) is 12.8 Å². The van der Waals surface area contributed by atoms with Gasteiger partial charge in [-0.2, -0.15) is 0 Å². The molecule has 0 aromatic rings. The van der Waals surface area contributed by atoms with Crippen LogP contribution in [-0.2, 0) is 18.7 Å². The van der Waals surface area contributed by atoms with Crippen molar-refractivity contribution >= 4 is 14.3 Å². The van der Waals surface area contributed by atoms with E-state index in [0.29, 0.717) is 0 Å². The number of ether oxygens (including phenoxy) is 2. The number of aliphatic hydroxyl groups excluding tert-OH is 1. The number of carbonyl (C=O) groups is 1. The first kappa shape index (κ1) is 20.9. The molecule has 0 radical (unpaired) electrons. The molecule has 1 saturated heterocycles. The van der Waals surface area contributed by atoms with Gasteiger partial charge in [0.1, 0.15) is 5.60 Å². The highest BCUT2D eigenvalue weighted by Crippen LogP contribution is 2.67. The predicted molar refractivity (Wildman–Crippen MR) is 99.9 cm³/mol. The average molecular weight is 373 g/mol. The van der Waals surface area contributed by atoms with E-state index in [1.54, 1.807) is 0 Å². The van der Waals surface area contributed by atoms with E-state index in [2.05, 4.69) is 59.4 Å². The molecule has 2 aliphatic rings. The number of aliphatic hydroxyl groups is 1. The maximum atomic E-state index is 11.7. The van der Waals surface area contributed by atoms with E-state index in [-0.39, 0.29) is 28.6 Å². The van der Waals surface area contributed by atoms with Crippen LogP contribution in [0.1, 0.15) is 60.8 Å². The summed E-state index contributed by atoms with van der Waals surface area (Å²) < 4.78 is 17.6. The van der Waals surface area contributed by atoms with E-state index in [1.165, 1.54) is 7.11 Å². The molecular formula is C19H36O5Si. The molecule has 0 amide bonds. The van der Waals surface area contributed by atoms with Gasteiger partial charge in [0.15, 0.2) is 14.4 Å². The van der Waals surface area contributed by atoms with Crippen molar-refractivity contribution in [3.05, 3.63) is 0 Å². The molecule has 1 heterocycles. The van der Waals surface area contributed by atoms with E-state index >= 15 is 0 Å².